The first-order chi connectivity index (χ1) is 8.19. The van der Waals surface area contributed by atoms with E-state index in [1.807, 2.05) is 0 Å². The molecule has 94 valence electrons. The maximum atomic E-state index is 10.7. The molecule has 5 heteroatoms. The molecule has 0 saturated carbocycles. The maximum absolute atomic E-state index is 10.7. The summed E-state index contributed by atoms with van der Waals surface area (Å²) in [6, 6.07) is 3.22. The number of hydrogen-bond donors (Lipinski definition) is 1. The number of methoxy groups -OCH3 is 1. The number of aromatic carboxylic acids is 1. The zero-order chi connectivity index (χ0) is 12.3. The fourth-order valence-corrected chi connectivity index (χ4v) is 2.15. The molecule has 2 rings (SSSR count). The highest BCUT2D eigenvalue weighted by Gasteiger charge is 2.20. The van der Waals surface area contributed by atoms with Crippen LogP contribution in [0.3, 0.4) is 0 Å². The lowest BCUT2D eigenvalue weighted by Crippen LogP contribution is -2.38. The van der Waals surface area contributed by atoms with Crippen molar-refractivity contribution in [1.29, 1.82) is 0 Å². The predicted molar refractivity (Wildman–Crippen MR) is 61.0 cm³/mol. The molecule has 17 heavy (non-hydrogen) atoms. The third-order valence-electron chi connectivity index (χ3n) is 3.05. The smallest absolute Gasteiger partial charge is 0.371 e. The molecule has 1 unspecified atom stereocenters. The molecule has 0 radical (unpaired) electrons. The Balaban J connectivity index is 1.93. The number of likely N-dealkylation sites (tertiary alicyclic amines) is 1. The van der Waals surface area contributed by atoms with E-state index >= 15 is 0 Å². The average Bonchev–Trinajstić information content (AvgIpc) is 2.78. The van der Waals surface area contributed by atoms with Crippen LogP contribution in [-0.2, 0) is 11.3 Å². The van der Waals surface area contributed by atoms with Crippen molar-refractivity contribution in [3.63, 3.8) is 0 Å². The second kappa shape index (κ2) is 5.33. The Morgan fingerprint density at radius 3 is 3.12 bits per heavy atom. The van der Waals surface area contributed by atoms with Gasteiger partial charge >= 0.3 is 5.97 Å². The lowest BCUT2D eigenvalue weighted by Gasteiger charge is -2.31. The van der Waals surface area contributed by atoms with Crippen LogP contribution in [0.1, 0.15) is 29.2 Å². The highest BCUT2D eigenvalue weighted by molar-refractivity contribution is 5.84. The van der Waals surface area contributed by atoms with Gasteiger partial charge in [0.15, 0.2) is 0 Å². The van der Waals surface area contributed by atoms with Gasteiger partial charge in [-0.2, -0.15) is 0 Å². The van der Waals surface area contributed by atoms with Gasteiger partial charge in [-0.05, 0) is 31.5 Å². The van der Waals surface area contributed by atoms with Gasteiger partial charge < -0.3 is 14.3 Å². The molecule has 1 fully saturated rings. The summed E-state index contributed by atoms with van der Waals surface area (Å²) < 4.78 is 10.6. The fraction of sp³-hybridized carbons (Fsp3) is 0.583. The first kappa shape index (κ1) is 12.1. The molecule has 0 aromatic carbocycles. The molecule has 1 saturated heterocycles. The van der Waals surface area contributed by atoms with Gasteiger partial charge in [-0.3, -0.25) is 4.90 Å². The molecule has 5 nitrogen and oxygen atoms in total. The first-order valence-corrected chi connectivity index (χ1v) is 5.76. The zero-order valence-electron chi connectivity index (χ0n) is 9.89. The van der Waals surface area contributed by atoms with Crippen LogP contribution in [0.2, 0.25) is 0 Å². The second-order valence-corrected chi connectivity index (χ2v) is 4.31. The molecule has 1 aliphatic heterocycles. The summed E-state index contributed by atoms with van der Waals surface area (Å²) in [5, 5.41) is 8.76. The van der Waals surface area contributed by atoms with Crippen molar-refractivity contribution in [1.82, 2.24) is 4.90 Å². The molecule has 1 N–H and O–H groups in total. The van der Waals surface area contributed by atoms with Crippen molar-refractivity contribution in [2.75, 3.05) is 20.2 Å². The number of nitrogens with zero attached hydrogens (tertiary/aromatic N) is 1. The van der Waals surface area contributed by atoms with E-state index in [1.165, 1.54) is 6.07 Å². The summed E-state index contributed by atoms with van der Waals surface area (Å²) in [6.07, 6.45) is 2.47. The van der Waals surface area contributed by atoms with Crippen molar-refractivity contribution < 1.29 is 19.1 Å². The van der Waals surface area contributed by atoms with Crippen molar-refractivity contribution in [2.24, 2.45) is 0 Å². The molecular weight excluding hydrogens is 222 g/mol. The van der Waals surface area contributed by atoms with E-state index in [1.54, 1.807) is 13.2 Å². The monoisotopic (exact) mass is 239 g/mol. The highest BCUT2D eigenvalue weighted by Crippen LogP contribution is 2.17. The Labute approximate surface area is 100.0 Å². The van der Waals surface area contributed by atoms with E-state index in [2.05, 4.69) is 4.90 Å². The largest absolute Gasteiger partial charge is 0.475 e. The van der Waals surface area contributed by atoms with Gasteiger partial charge in [0.2, 0.25) is 5.76 Å². The Morgan fingerprint density at radius 2 is 2.47 bits per heavy atom. The lowest BCUT2D eigenvalue weighted by atomic mass is 10.1. The minimum absolute atomic E-state index is 0.000279. The van der Waals surface area contributed by atoms with Crippen LogP contribution in [-0.4, -0.2) is 42.3 Å². The van der Waals surface area contributed by atoms with Crippen LogP contribution in [0.4, 0.5) is 0 Å². The van der Waals surface area contributed by atoms with Crippen LogP contribution in [0, 0.1) is 0 Å². The minimum atomic E-state index is -1.02. The number of piperidine rings is 1. The van der Waals surface area contributed by atoms with E-state index in [-0.39, 0.29) is 11.9 Å². The maximum Gasteiger partial charge on any atom is 0.371 e. The highest BCUT2D eigenvalue weighted by atomic mass is 16.5. The van der Waals surface area contributed by atoms with Gasteiger partial charge in [-0.25, -0.2) is 4.79 Å². The molecule has 0 amide bonds. The van der Waals surface area contributed by atoms with Crippen molar-refractivity contribution in [3.8, 4) is 0 Å². The number of carboxylic acid groups (broad SMARTS) is 1. The topological polar surface area (TPSA) is 62.9 Å². The number of ether oxygens (including phenoxy) is 1. The Kier molecular flexibility index (Phi) is 3.81. The standard InChI is InChI=1S/C12H17NO4/c1-16-9-3-2-6-13(7-9)8-10-4-5-11(17-10)12(14)15/h4-5,9H,2-3,6-8H2,1H3,(H,14,15). The fourth-order valence-electron chi connectivity index (χ4n) is 2.15. The average molecular weight is 239 g/mol. The zero-order valence-corrected chi connectivity index (χ0v) is 9.89. The van der Waals surface area contributed by atoms with E-state index in [4.69, 9.17) is 14.3 Å². The second-order valence-electron chi connectivity index (χ2n) is 4.31. The van der Waals surface area contributed by atoms with Crippen LogP contribution in [0.25, 0.3) is 0 Å². The summed E-state index contributed by atoms with van der Waals surface area (Å²) in [6.45, 7) is 2.52. The quantitative estimate of drug-likeness (QED) is 0.864. The SMILES string of the molecule is COC1CCCN(Cc2ccc(C(=O)O)o2)C1. The number of furan rings is 1. The summed E-state index contributed by atoms with van der Waals surface area (Å²) in [5.74, 6) is -0.330. The molecule has 1 aromatic rings. The Bertz CT molecular complexity index is 388. The molecule has 1 aromatic heterocycles. The van der Waals surface area contributed by atoms with Gasteiger partial charge in [0.05, 0.1) is 12.6 Å². The van der Waals surface area contributed by atoms with Crippen molar-refractivity contribution >= 4 is 5.97 Å². The molecule has 0 spiro atoms. The van der Waals surface area contributed by atoms with Gasteiger partial charge in [-0.1, -0.05) is 0 Å². The van der Waals surface area contributed by atoms with Crippen LogP contribution in [0.15, 0.2) is 16.5 Å². The molecular formula is C12H17NO4. The molecule has 1 aliphatic rings. The number of rotatable bonds is 4. The minimum Gasteiger partial charge on any atom is -0.475 e. The molecule has 2 heterocycles. The van der Waals surface area contributed by atoms with Crippen LogP contribution >= 0.6 is 0 Å². The van der Waals surface area contributed by atoms with Crippen molar-refractivity contribution in [2.45, 2.75) is 25.5 Å². The molecule has 1 atom stereocenters. The summed E-state index contributed by atoms with van der Waals surface area (Å²) in [5.41, 5.74) is 0. The summed E-state index contributed by atoms with van der Waals surface area (Å²) in [4.78, 5) is 12.9. The Morgan fingerprint density at radius 1 is 1.65 bits per heavy atom. The van der Waals surface area contributed by atoms with E-state index in [0.717, 1.165) is 25.9 Å². The number of hydrogen-bond acceptors (Lipinski definition) is 4. The lowest BCUT2D eigenvalue weighted by molar-refractivity contribution is 0.0260. The number of carboxylic acids is 1. The number of carbonyl (C=O) groups is 1. The Hall–Kier alpha value is -1.33. The van der Waals surface area contributed by atoms with Crippen LogP contribution < -0.4 is 0 Å². The van der Waals surface area contributed by atoms with E-state index in [0.29, 0.717) is 12.3 Å². The third kappa shape index (κ3) is 3.08. The third-order valence-corrected chi connectivity index (χ3v) is 3.05. The van der Waals surface area contributed by atoms with Gasteiger partial charge in [0.25, 0.3) is 0 Å². The van der Waals surface area contributed by atoms with Gasteiger partial charge in [-0.15, -0.1) is 0 Å². The van der Waals surface area contributed by atoms with Gasteiger partial charge in [0.1, 0.15) is 5.76 Å². The normalized spacial score (nSPS) is 21.6. The van der Waals surface area contributed by atoms with Gasteiger partial charge in [0, 0.05) is 13.7 Å². The van der Waals surface area contributed by atoms with Crippen molar-refractivity contribution in [3.05, 3.63) is 23.7 Å². The molecule has 0 bridgehead atoms. The summed E-state index contributed by atoms with van der Waals surface area (Å²) in [7, 11) is 1.73. The van der Waals surface area contributed by atoms with Crippen LogP contribution in [0.5, 0.6) is 0 Å². The summed E-state index contributed by atoms with van der Waals surface area (Å²) >= 11 is 0. The van der Waals surface area contributed by atoms with E-state index in [9.17, 15) is 4.79 Å². The molecule has 0 aliphatic carbocycles. The van der Waals surface area contributed by atoms with E-state index < -0.39 is 5.97 Å². The predicted octanol–water partition coefficient (Wildman–Crippen LogP) is 1.59. The first-order valence-electron chi connectivity index (χ1n) is 5.76.